The van der Waals surface area contributed by atoms with Gasteiger partial charge in [0.1, 0.15) is 4.90 Å². The Morgan fingerprint density at radius 3 is 2.50 bits per heavy atom. The van der Waals surface area contributed by atoms with Crippen molar-refractivity contribution in [3.8, 4) is 0 Å². The number of nitrogens with one attached hydrogen (secondary N) is 1. The molecular weight excluding hydrogens is 274 g/mol. The first-order valence-corrected chi connectivity index (χ1v) is 8.40. The molecule has 2 rings (SSSR count). The van der Waals surface area contributed by atoms with Crippen LogP contribution in [0, 0.1) is 0 Å². The van der Waals surface area contributed by atoms with Crippen LogP contribution in [-0.4, -0.2) is 38.9 Å². The number of hydrogen-bond acceptors (Lipinski definition) is 4. The van der Waals surface area contributed by atoms with Crippen LogP contribution < -0.4 is 11.1 Å². The van der Waals surface area contributed by atoms with Crippen LogP contribution in [0.25, 0.3) is 0 Å². The van der Waals surface area contributed by atoms with Gasteiger partial charge >= 0.3 is 0 Å². The number of para-hydroxylation sites is 1. The second kappa shape index (κ2) is 6.11. The maximum atomic E-state index is 12.3. The quantitative estimate of drug-likeness (QED) is 0.885. The molecule has 1 aromatic carbocycles. The highest BCUT2D eigenvalue weighted by Gasteiger charge is 2.25. The predicted octanol–water partition coefficient (Wildman–Crippen LogP) is 1.62. The Bertz CT molecular complexity index is 557. The van der Waals surface area contributed by atoms with Gasteiger partial charge in [0.25, 0.3) is 0 Å². The lowest BCUT2D eigenvalue weighted by molar-refractivity contribution is 0.403. The summed E-state index contributed by atoms with van der Waals surface area (Å²) >= 11 is 0. The van der Waals surface area contributed by atoms with Crippen LogP contribution in [0.3, 0.4) is 0 Å². The maximum Gasteiger partial charge on any atom is 0.244 e. The Morgan fingerprint density at radius 1 is 1.20 bits per heavy atom. The van der Waals surface area contributed by atoms with E-state index in [2.05, 4.69) is 5.32 Å². The van der Waals surface area contributed by atoms with Crippen LogP contribution in [0.4, 0.5) is 5.69 Å². The zero-order valence-electron chi connectivity index (χ0n) is 12.0. The number of anilines is 1. The van der Waals surface area contributed by atoms with Crippen molar-refractivity contribution in [1.82, 2.24) is 4.31 Å². The molecule has 0 bridgehead atoms. The number of sulfonamides is 1. The summed E-state index contributed by atoms with van der Waals surface area (Å²) in [5.74, 6) is 0. The van der Waals surface area contributed by atoms with Crippen LogP contribution in [0.5, 0.6) is 0 Å². The van der Waals surface area contributed by atoms with Crippen molar-refractivity contribution in [2.75, 3.05) is 19.4 Å². The fourth-order valence-corrected chi connectivity index (χ4v) is 3.59. The van der Waals surface area contributed by atoms with Gasteiger partial charge in [-0.25, -0.2) is 12.7 Å². The molecule has 1 aliphatic rings. The van der Waals surface area contributed by atoms with E-state index in [1.54, 1.807) is 32.3 Å². The monoisotopic (exact) mass is 297 g/mol. The second-order valence-corrected chi connectivity index (χ2v) is 7.60. The molecule has 2 unspecified atom stereocenters. The first-order chi connectivity index (χ1) is 9.43. The summed E-state index contributed by atoms with van der Waals surface area (Å²) in [7, 11) is -0.366. The standard InChI is InChI=1S/C14H23N3O2S/c1-17(2)20(18,19)14-10-6-5-9-13(14)16-12-8-4-3-7-11(12)15/h5-6,9-12,16H,3-4,7-8,15H2,1-2H3. The fourth-order valence-electron chi connectivity index (χ4n) is 2.55. The third-order valence-electron chi connectivity index (χ3n) is 3.81. The lowest BCUT2D eigenvalue weighted by atomic mass is 9.91. The van der Waals surface area contributed by atoms with Crippen molar-refractivity contribution < 1.29 is 8.42 Å². The van der Waals surface area contributed by atoms with Crippen molar-refractivity contribution >= 4 is 15.7 Å². The molecular formula is C14H23N3O2S. The molecule has 0 amide bonds. The van der Waals surface area contributed by atoms with Crippen LogP contribution in [0.1, 0.15) is 25.7 Å². The summed E-state index contributed by atoms with van der Waals surface area (Å²) < 4.78 is 25.9. The molecule has 0 heterocycles. The van der Waals surface area contributed by atoms with E-state index in [9.17, 15) is 8.42 Å². The van der Waals surface area contributed by atoms with E-state index in [0.717, 1.165) is 25.7 Å². The third kappa shape index (κ3) is 3.13. The molecule has 1 aliphatic carbocycles. The molecule has 0 radical (unpaired) electrons. The van der Waals surface area contributed by atoms with E-state index in [0.29, 0.717) is 10.6 Å². The molecule has 3 N–H and O–H groups in total. The molecule has 6 heteroatoms. The van der Waals surface area contributed by atoms with Crippen molar-refractivity contribution in [2.24, 2.45) is 5.73 Å². The highest BCUT2D eigenvalue weighted by atomic mass is 32.2. The molecule has 112 valence electrons. The van der Waals surface area contributed by atoms with Crippen molar-refractivity contribution in [3.05, 3.63) is 24.3 Å². The minimum atomic E-state index is -3.45. The minimum absolute atomic E-state index is 0.0823. The van der Waals surface area contributed by atoms with E-state index in [1.165, 1.54) is 4.31 Å². The lowest BCUT2D eigenvalue weighted by Gasteiger charge is -2.31. The Morgan fingerprint density at radius 2 is 1.85 bits per heavy atom. The van der Waals surface area contributed by atoms with E-state index in [-0.39, 0.29) is 12.1 Å². The molecule has 1 saturated carbocycles. The molecule has 1 aromatic rings. The summed E-state index contributed by atoms with van der Waals surface area (Å²) in [5, 5.41) is 3.33. The first-order valence-electron chi connectivity index (χ1n) is 6.96. The minimum Gasteiger partial charge on any atom is -0.380 e. The summed E-state index contributed by atoms with van der Waals surface area (Å²) in [6.45, 7) is 0. The zero-order valence-corrected chi connectivity index (χ0v) is 12.9. The van der Waals surface area contributed by atoms with Gasteiger partial charge < -0.3 is 11.1 Å². The number of hydrogen-bond donors (Lipinski definition) is 2. The molecule has 0 spiro atoms. The smallest absolute Gasteiger partial charge is 0.244 e. The van der Waals surface area contributed by atoms with Crippen LogP contribution in [0.15, 0.2) is 29.2 Å². The Balaban J connectivity index is 2.29. The third-order valence-corrected chi connectivity index (χ3v) is 5.68. The van der Waals surface area contributed by atoms with Gasteiger partial charge in [-0.05, 0) is 25.0 Å². The highest BCUT2D eigenvalue weighted by molar-refractivity contribution is 7.89. The summed E-state index contributed by atoms with van der Waals surface area (Å²) in [6, 6.07) is 7.23. The number of nitrogens with two attached hydrogens (primary N) is 1. The average molecular weight is 297 g/mol. The highest BCUT2D eigenvalue weighted by Crippen LogP contribution is 2.27. The molecule has 1 fully saturated rings. The molecule has 2 atom stereocenters. The topological polar surface area (TPSA) is 75.4 Å². The molecule has 0 aromatic heterocycles. The van der Waals surface area contributed by atoms with Gasteiger partial charge in [0.15, 0.2) is 0 Å². The summed E-state index contributed by atoms with van der Waals surface area (Å²) in [5.41, 5.74) is 6.77. The fraction of sp³-hybridized carbons (Fsp3) is 0.571. The Hall–Kier alpha value is -1.11. The number of rotatable bonds is 4. The molecule has 20 heavy (non-hydrogen) atoms. The van der Waals surface area contributed by atoms with E-state index in [4.69, 9.17) is 5.73 Å². The second-order valence-electron chi connectivity index (χ2n) is 5.48. The number of benzene rings is 1. The Labute approximate surface area is 121 Å². The molecule has 0 saturated heterocycles. The molecule has 0 aliphatic heterocycles. The maximum absolute atomic E-state index is 12.3. The van der Waals surface area contributed by atoms with Crippen LogP contribution in [-0.2, 0) is 10.0 Å². The SMILES string of the molecule is CN(C)S(=O)(=O)c1ccccc1NC1CCCCC1N. The lowest BCUT2D eigenvalue weighted by Crippen LogP contribution is -2.42. The predicted molar refractivity (Wildman–Crippen MR) is 81.2 cm³/mol. The van der Waals surface area contributed by atoms with E-state index in [1.807, 2.05) is 6.07 Å². The summed E-state index contributed by atoms with van der Waals surface area (Å²) in [6.07, 6.45) is 4.25. The average Bonchev–Trinajstić information content (AvgIpc) is 2.41. The van der Waals surface area contributed by atoms with Crippen molar-refractivity contribution in [3.63, 3.8) is 0 Å². The van der Waals surface area contributed by atoms with Gasteiger partial charge in [0.2, 0.25) is 10.0 Å². The normalized spacial score (nSPS) is 23.8. The first kappa shape index (κ1) is 15.3. The van der Waals surface area contributed by atoms with Gasteiger partial charge in [0.05, 0.1) is 5.69 Å². The van der Waals surface area contributed by atoms with Crippen molar-refractivity contribution in [2.45, 2.75) is 42.7 Å². The zero-order chi connectivity index (χ0) is 14.8. The van der Waals surface area contributed by atoms with Gasteiger partial charge in [-0.2, -0.15) is 0 Å². The van der Waals surface area contributed by atoms with Gasteiger partial charge in [-0.15, -0.1) is 0 Å². The molecule has 5 nitrogen and oxygen atoms in total. The van der Waals surface area contributed by atoms with E-state index >= 15 is 0 Å². The van der Waals surface area contributed by atoms with Gasteiger partial charge in [-0.3, -0.25) is 0 Å². The Kier molecular flexibility index (Phi) is 4.67. The van der Waals surface area contributed by atoms with E-state index < -0.39 is 10.0 Å². The van der Waals surface area contributed by atoms with Crippen LogP contribution >= 0.6 is 0 Å². The van der Waals surface area contributed by atoms with Gasteiger partial charge in [0, 0.05) is 26.2 Å². The largest absolute Gasteiger partial charge is 0.380 e. The summed E-state index contributed by atoms with van der Waals surface area (Å²) in [4.78, 5) is 0.308. The van der Waals surface area contributed by atoms with Crippen molar-refractivity contribution in [1.29, 1.82) is 0 Å². The van der Waals surface area contributed by atoms with Crippen LogP contribution in [0.2, 0.25) is 0 Å². The van der Waals surface area contributed by atoms with Gasteiger partial charge in [-0.1, -0.05) is 25.0 Å². The number of nitrogens with zero attached hydrogens (tertiary/aromatic N) is 1.